The minimum Gasteiger partial charge on any atom is -0.290 e. The first-order valence-corrected chi connectivity index (χ1v) is 4.14. The van der Waals surface area contributed by atoms with Crippen molar-refractivity contribution >= 4 is 17.9 Å². The summed E-state index contributed by atoms with van der Waals surface area (Å²) >= 11 is 1.63. The van der Waals surface area contributed by atoms with Crippen molar-refractivity contribution in [2.24, 2.45) is 0 Å². The predicted octanol–water partition coefficient (Wildman–Crippen LogP) is 1.28. The van der Waals surface area contributed by atoms with E-state index in [4.69, 9.17) is 0 Å². The van der Waals surface area contributed by atoms with E-state index < -0.39 is 0 Å². The Balaban J connectivity index is 2.41. The molecular weight excluding hydrogens is 134 g/mol. The summed E-state index contributed by atoms with van der Waals surface area (Å²) < 4.78 is 1.74. The second-order valence-electron chi connectivity index (χ2n) is 2.18. The molecular formula is C6H11NOS. The molecule has 1 fully saturated rings. The van der Waals surface area contributed by atoms with Gasteiger partial charge in [-0.2, -0.15) is 0 Å². The molecule has 0 atom stereocenters. The third-order valence-corrected chi connectivity index (χ3v) is 2.48. The Bertz CT molecular complexity index is 116. The van der Waals surface area contributed by atoms with Crippen molar-refractivity contribution in [2.45, 2.75) is 19.3 Å². The lowest BCUT2D eigenvalue weighted by Gasteiger charge is -2.10. The molecule has 0 N–H and O–H groups in total. The summed E-state index contributed by atoms with van der Waals surface area (Å²) in [5.41, 5.74) is 0. The lowest BCUT2D eigenvalue weighted by Crippen LogP contribution is -2.16. The van der Waals surface area contributed by atoms with Crippen LogP contribution in [0.1, 0.15) is 19.3 Å². The molecule has 1 rings (SSSR count). The van der Waals surface area contributed by atoms with Crippen LogP contribution in [-0.2, 0) is 4.79 Å². The van der Waals surface area contributed by atoms with Crippen LogP contribution in [0.5, 0.6) is 0 Å². The van der Waals surface area contributed by atoms with Gasteiger partial charge in [-0.3, -0.25) is 9.10 Å². The molecule has 2 nitrogen and oxygen atoms in total. The predicted molar refractivity (Wildman–Crippen MR) is 39.1 cm³/mol. The van der Waals surface area contributed by atoms with Crippen molar-refractivity contribution in [3.63, 3.8) is 0 Å². The van der Waals surface area contributed by atoms with Gasteiger partial charge in [0.15, 0.2) is 0 Å². The van der Waals surface area contributed by atoms with Crippen LogP contribution < -0.4 is 0 Å². The van der Waals surface area contributed by atoms with E-state index in [0.717, 1.165) is 18.6 Å². The molecule has 0 aliphatic carbocycles. The van der Waals surface area contributed by atoms with Crippen molar-refractivity contribution in [1.82, 2.24) is 4.31 Å². The number of hydrogen-bond acceptors (Lipinski definition) is 2. The maximum atomic E-state index is 10.9. The van der Waals surface area contributed by atoms with E-state index in [1.54, 1.807) is 16.3 Å². The zero-order valence-electron chi connectivity index (χ0n) is 5.59. The van der Waals surface area contributed by atoms with Gasteiger partial charge in [0, 0.05) is 19.2 Å². The highest BCUT2D eigenvalue weighted by Gasteiger charge is 2.11. The average molecular weight is 145 g/mol. The van der Waals surface area contributed by atoms with Gasteiger partial charge in [0.2, 0.25) is 5.91 Å². The lowest BCUT2D eigenvalue weighted by molar-refractivity contribution is -0.125. The Hall–Kier alpha value is -0.180. The van der Waals surface area contributed by atoms with Crippen LogP contribution >= 0.6 is 11.9 Å². The van der Waals surface area contributed by atoms with Gasteiger partial charge in [0.1, 0.15) is 0 Å². The molecule has 0 aromatic rings. The molecule has 52 valence electrons. The fourth-order valence-electron chi connectivity index (χ4n) is 0.809. The van der Waals surface area contributed by atoms with E-state index in [2.05, 4.69) is 0 Å². The van der Waals surface area contributed by atoms with E-state index in [-0.39, 0.29) is 5.91 Å². The quantitative estimate of drug-likeness (QED) is 0.478. The van der Waals surface area contributed by atoms with Crippen molar-refractivity contribution in [2.75, 3.05) is 12.8 Å². The number of amides is 1. The van der Waals surface area contributed by atoms with Gasteiger partial charge in [-0.25, -0.2) is 0 Å². The van der Waals surface area contributed by atoms with Crippen molar-refractivity contribution < 1.29 is 4.79 Å². The number of rotatable bonds is 0. The van der Waals surface area contributed by atoms with Crippen LogP contribution in [0.2, 0.25) is 0 Å². The molecule has 0 unspecified atom stereocenters. The lowest BCUT2D eigenvalue weighted by atomic mass is 10.2. The molecule has 3 heteroatoms. The Morgan fingerprint density at radius 1 is 1.56 bits per heavy atom. The molecule has 0 radical (unpaired) electrons. The number of hydrogen-bond donors (Lipinski definition) is 0. The summed E-state index contributed by atoms with van der Waals surface area (Å²) in [7, 11) is 1.85. The summed E-state index contributed by atoms with van der Waals surface area (Å²) in [4.78, 5) is 10.9. The maximum Gasteiger partial charge on any atom is 0.232 e. The standard InChI is InChI=1S/C6H11NOS/c1-7-6(8)4-2-3-5-9-7/h2-5H2,1H3. The normalized spacial score (nSPS) is 21.9. The van der Waals surface area contributed by atoms with E-state index in [0.29, 0.717) is 0 Å². The van der Waals surface area contributed by atoms with Gasteiger partial charge >= 0.3 is 0 Å². The SMILES string of the molecule is CN1SCCCCC1=O. The van der Waals surface area contributed by atoms with Crippen LogP contribution in [0.15, 0.2) is 0 Å². The first-order valence-electron chi connectivity index (χ1n) is 3.20. The monoisotopic (exact) mass is 145 g/mol. The Morgan fingerprint density at radius 3 is 3.11 bits per heavy atom. The molecule has 9 heavy (non-hydrogen) atoms. The smallest absolute Gasteiger partial charge is 0.232 e. The topological polar surface area (TPSA) is 20.3 Å². The van der Waals surface area contributed by atoms with E-state index in [1.165, 1.54) is 6.42 Å². The van der Waals surface area contributed by atoms with Gasteiger partial charge in [0.25, 0.3) is 0 Å². The summed E-state index contributed by atoms with van der Waals surface area (Å²) in [5, 5.41) is 0. The molecule has 1 amide bonds. The molecule has 1 aliphatic rings. The molecule has 0 aromatic carbocycles. The molecule has 0 aromatic heterocycles. The largest absolute Gasteiger partial charge is 0.290 e. The number of nitrogens with zero attached hydrogens (tertiary/aromatic N) is 1. The maximum absolute atomic E-state index is 10.9. The van der Waals surface area contributed by atoms with E-state index >= 15 is 0 Å². The highest BCUT2D eigenvalue weighted by Crippen LogP contribution is 2.17. The van der Waals surface area contributed by atoms with E-state index in [9.17, 15) is 4.79 Å². The zero-order valence-corrected chi connectivity index (χ0v) is 6.41. The molecule has 1 heterocycles. The van der Waals surface area contributed by atoms with Gasteiger partial charge < -0.3 is 0 Å². The second kappa shape index (κ2) is 3.11. The fraction of sp³-hybridized carbons (Fsp3) is 0.833. The second-order valence-corrected chi connectivity index (χ2v) is 3.40. The average Bonchev–Trinajstić information content (AvgIpc) is 1.99. The van der Waals surface area contributed by atoms with Crippen molar-refractivity contribution in [1.29, 1.82) is 0 Å². The van der Waals surface area contributed by atoms with Crippen LogP contribution in [0, 0.1) is 0 Å². The van der Waals surface area contributed by atoms with Crippen LogP contribution in [-0.4, -0.2) is 23.0 Å². The number of carbonyl (C=O) groups is 1. The summed E-state index contributed by atoms with van der Waals surface area (Å²) in [6, 6.07) is 0. The molecule has 0 spiro atoms. The molecule has 1 aliphatic heterocycles. The zero-order chi connectivity index (χ0) is 6.69. The molecule has 1 saturated heterocycles. The Labute approximate surface area is 59.7 Å². The minimum absolute atomic E-state index is 0.275. The van der Waals surface area contributed by atoms with E-state index in [1.807, 2.05) is 7.05 Å². The first kappa shape index (κ1) is 6.93. The Kier molecular flexibility index (Phi) is 2.39. The van der Waals surface area contributed by atoms with Crippen molar-refractivity contribution in [3.8, 4) is 0 Å². The first-order chi connectivity index (χ1) is 4.30. The van der Waals surface area contributed by atoms with Crippen LogP contribution in [0.25, 0.3) is 0 Å². The molecule has 0 saturated carbocycles. The van der Waals surface area contributed by atoms with Crippen LogP contribution in [0.3, 0.4) is 0 Å². The highest BCUT2D eigenvalue weighted by atomic mass is 32.2. The summed E-state index contributed by atoms with van der Waals surface area (Å²) in [6.45, 7) is 0. The third-order valence-electron chi connectivity index (χ3n) is 1.42. The van der Waals surface area contributed by atoms with Gasteiger partial charge in [-0.15, -0.1) is 0 Å². The summed E-state index contributed by atoms with van der Waals surface area (Å²) in [5.74, 6) is 1.37. The van der Waals surface area contributed by atoms with Gasteiger partial charge in [-0.05, 0) is 24.8 Å². The van der Waals surface area contributed by atoms with Crippen molar-refractivity contribution in [3.05, 3.63) is 0 Å². The Morgan fingerprint density at radius 2 is 2.33 bits per heavy atom. The molecule has 0 bridgehead atoms. The minimum atomic E-state index is 0.275. The van der Waals surface area contributed by atoms with Gasteiger partial charge in [-0.1, -0.05) is 0 Å². The highest BCUT2D eigenvalue weighted by molar-refractivity contribution is 7.97. The fourth-order valence-corrected chi connectivity index (χ4v) is 1.65. The summed E-state index contributed by atoms with van der Waals surface area (Å²) in [6.07, 6.45) is 2.99. The van der Waals surface area contributed by atoms with Crippen LogP contribution in [0.4, 0.5) is 0 Å². The third kappa shape index (κ3) is 1.90. The van der Waals surface area contributed by atoms with Gasteiger partial charge in [0.05, 0.1) is 0 Å². The number of carbonyl (C=O) groups excluding carboxylic acids is 1.